The molecule has 9 N–H and O–H groups in total. The van der Waals surface area contributed by atoms with E-state index in [1.807, 2.05) is 36.6 Å². The number of aromatic hydroxyl groups is 1. The van der Waals surface area contributed by atoms with Gasteiger partial charge in [-0.1, -0.05) is 42.5 Å². The van der Waals surface area contributed by atoms with E-state index in [1.54, 1.807) is 12.1 Å². The first-order chi connectivity index (χ1) is 19.6. The molecule has 41 heavy (non-hydrogen) atoms. The molecular formula is C29H41N5O6S. The molecule has 0 saturated carbocycles. The molecule has 0 aliphatic rings. The number of carboxylic acid groups (broad SMARTS) is 1. The molecule has 2 rings (SSSR count). The van der Waals surface area contributed by atoms with Crippen LogP contribution in [0.2, 0.25) is 0 Å². The minimum absolute atomic E-state index is 0.0173. The summed E-state index contributed by atoms with van der Waals surface area (Å²) in [5, 5.41) is 27.2. The lowest BCUT2D eigenvalue weighted by Gasteiger charge is -2.25. The van der Waals surface area contributed by atoms with E-state index in [1.165, 1.54) is 23.9 Å². The summed E-state index contributed by atoms with van der Waals surface area (Å²) in [5.74, 6) is -2.33. The van der Waals surface area contributed by atoms with Crippen LogP contribution in [0, 0.1) is 0 Å². The maximum absolute atomic E-state index is 13.3. The molecule has 11 nitrogen and oxygen atoms in total. The number of benzene rings is 2. The standard InChI is InChI=1S/C29H41N5O6S/c1-41-16-14-24(32-26(36)22(31)17-19-7-3-2-4-8-19)28(38)33-23(9-5-6-15-30)27(37)34-25(29(39)40)18-20-10-12-21(35)13-11-20/h2-4,7-8,10-13,22-25,35H,5-6,9,14-18,30-31H2,1H3,(H,32,36)(H,33,38)(H,34,37)(H,39,40). The highest BCUT2D eigenvalue weighted by atomic mass is 32.2. The zero-order valence-corrected chi connectivity index (χ0v) is 24.1. The minimum atomic E-state index is -1.26. The number of rotatable bonds is 18. The summed E-state index contributed by atoms with van der Waals surface area (Å²) >= 11 is 1.50. The van der Waals surface area contributed by atoms with Gasteiger partial charge in [0, 0.05) is 6.42 Å². The van der Waals surface area contributed by atoms with Crippen LogP contribution in [-0.2, 0) is 32.0 Å². The van der Waals surface area contributed by atoms with Gasteiger partial charge in [0.15, 0.2) is 0 Å². The highest BCUT2D eigenvalue weighted by Crippen LogP contribution is 2.12. The highest BCUT2D eigenvalue weighted by molar-refractivity contribution is 7.98. The average Bonchev–Trinajstić information content (AvgIpc) is 2.95. The van der Waals surface area contributed by atoms with Crippen LogP contribution in [0.1, 0.15) is 36.8 Å². The summed E-state index contributed by atoms with van der Waals surface area (Å²) < 4.78 is 0. The zero-order chi connectivity index (χ0) is 30.2. The van der Waals surface area contributed by atoms with E-state index in [4.69, 9.17) is 11.5 Å². The third-order valence-corrected chi connectivity index (χ3v) is 7.09. The Labute approximate surface area is 244 Å². The Balaban J connectivity index is 2.12. The van der Waals surface area contributed by atoms with Crippen molar-refractivity contribution in [1.29, 1.82) is 0 Å². The topological polar surface area (TPSA) is 197 Å². The molecule has 12 heteroatoms. The fourth-order valence-electron chi connectivity index (χ4n) is 4.12. The average molecular weight is 588 g/mol. The van der Waals surface area contributed by atoms with Crippen molar-refractivity contribution < 1.29 is 29.4 Å². The summed E-state index contributed by atoms with van der Waals surface area (Å²) in [6.07, 6.45) is 3.83. The molecule has 4 unspecified atom stereocenters. The van der Waals surface area contributed by atoms with Gasteiger partial charge in [-0.25, -0.2) is 4.79 Å². The second-order valence-corrected chi connectivity index (χ2v) is 10.7. The molecule has 2 aromatic carbocycles. The summed E-state index contributed by atoms with van der Waals surface area (Å²) in [5.41, 5.74) is 13.2. The Hall–Kier alpha value is -3.61. The van der Waals surface area contributed by atoms with Crippen LogP contribution in [0.4, 0.5) is 0 Å². The predicted molar refractivity (Wildman–Crippen MR) is 159 cm³/mol. The quantitative estimate of drug-likeness (QED) is 0.124. The van der Waals surface area contributed by atoms with E-state index in [-0.39, 0.29) is 18.6 Å². The van der Waals surface area contributed by atoms with Crippen molar-refractivity contribution in [3.05, 3.63) is 65.7 Å². The van der Waals surface area contributed by atoms with Gasteiger partial charge < -0.3 is 37.6 Å². The van der Waals surface area contributed by atoms with E-state index < -0.39 is 47.9 Å². The Morgan fingerprint density at radius 2 is 1.34 bits per heavy atom. The number of phenols is 1. The van der Waals surface area contributed by atoms with Crippen molar-refractivity contribution in [3.63, 3.8) is 0 Å². The lowest BCUT2D eigenvalue weighted by Crippen LogP contribution is -2.57. The molecular weight excluding hydrogens is 546 g/mol. The number of hydrogen-bond donors (Lipinski definition) is 7. The van der Waals surface area contributed by atoms with E-state index in [9.17, 15) is 29.4 Å². The second-order valence-electron chi connectivity index (χ2n) is 9.75. The van der Waals surface area contributed by atoms with E-state index >= 15 is 0 Å². The summed E-state index contributed by atoms with van der Waals surface area (Å²) in [6.45, 7) is 0.395. The van der Waals surface area contributed by atoms with Gasteiger partial charge in [-0.15, -0.1) is 0 Å². The van der Waals surface area contributed by atoms with Gasteiger partial charge in [0.1, 0.15) is 23.9 Å². The summed E-state index contributed by atoms with van der Waals surface area (Å²) in [7, 11) is 0. The number of carbonyl (C=O) groups is 4. The van der Waals surface area contributed by atoms with E-state index in [0.717, 1.165) is 5.56 Å². The number of amides is 3. The van der Waals surface area contributed by atoms with Crippen molar-refractivity contribution >= 4 is 35.5 Å². The van der Waals surface area contributed by atoms with Crippen molar-refractivity contribution in [3.8, 4) is 5.75 Å². The largest absolute Gasteiger partial charge is 0.508 e. The number of carbonyl (C=O) groups excluding carboxylic acids is 3. The first kappa shape index (κ1) is 33.6. The fraction of sp³-hybridized carbons (Fsp3) is 0.448. The molecule has 224 valence electrons. The Morgan fingerprint density at radius 3 is 1.93 bits per heavy atom. The monoisotopic (exact) mass is 587 g/mol. The van der Waals surface area contributed by atoms with Crippen LogP contribution in [0.3, 0.4) is 0 Å². The van der Waals surface area contributed by atoms with Crippen molar-refractivity contribution in [1.82, 2.24) is 16.0 Å². The molecule has 0 bridgehead atoms. The molecule has 0 aliphatic carbocycles. The second kappa shape index (κ2) is 17.9. The first-order valence-electron chi connectivity index (χ1n) is 13.5. The van der Waals surface area contributed by atoms with Crippen molar-refractivity contribution in [2.45, 2.75) is 62.7 Å². The maximum Gasteiger partial charge on any atom is 0.326 e. The molecule has 0 aliphatic heterocycles. The first-order valence-corrected chi connectivity index (χ1v) is 14.9. The minimum Gasteiger partial charge on any atom is -0.508 e. The third-order valence-electron chi connectivity index (χ3n) is 6.45. The van der Waals surface area contributed by atoms with Crippen molar-refractivity contribution in [2.24, 2.45) is 11.5 Å². The smallest absolute Gasteiger partial charge is 0.326 e. The summed E-state index contributed by atoms with van der Waals surface area (Å²) in [4.78, 5) is 51.4. The van der Waals surface area contributed by atoms with Gasteiger partial charge in [0.2, 0.25) is 17.7 Å². The Morgan fingerprint density at radius 1 is 0.780 bits per heavy atom. The molecule has 0 saturated heterocycles. The molecule has 2 aromatic rings. The number of hydrogen-bond acceptors (Lipinski definition) is 8. The van der Waals surface area contributed by atoms with Crippen LogP contribution in [0.25, 0.3) is 0 Å². The Kier molecular flexibility index (Phi) is 14.7. The van der Waals surface area contributed by atoms with E-state index in [2.05, 4.69) is 16.0 Å². The number of aliphatic carboxylic acids is 1. The molecule has 0 heterocycles. The van der Waals surface area contributed by atoms with Crippen molar-refractivity contribution in [2.75, 3.05) is 18.6 Å². The van der Waals surface area contributed by atoms with E-state index in [0.29, 0.717) is 43.5 Å². The van der Waals surface area contributed by atoms with Gasteiger partial charge in [0.25, 0.3) is 0 Å². The molecule has 3 amide bonds. The van der Waals surface area contributed by atoms with Gasteiger partial charge in [-0.2, -0.15) is 11.8 Å². The SMILES string of the molecule is CSCCC(NC(=O)C(N)Cc1ccccc1)C(=O)NC(CCCCN)C(=O)NC(Cc1ccc(O)cc1)C(=O)O. The molecule has 0 spiro atoms. The number of carboxylic acids is 1. The lowest BCUT2D eigenvalue weighted by molar-refractivity contribution is -0.142. The predicted octanol–water partition coefficient (Wildman–Crippen LogP) is 0.926. The molecule has 0 aromatic heterocycles. The Bertz CT molecular complexity index is 1120. The number of phenolic OH excluding ortho intramolecular Hbond substituents is 1. The van der Waals surface area contributed by atoms with Gasteiger partial charge >= 0.3 is 5.97 Å². The van der Waals surface area contributed by atoms with Gasteiger partial charge in [-0.3, -0.25) is 14.4 Å². The normalized spacial score (nSPS) is 13.8. The zero-order valence-electron chi connectivity index (χ0n) is 23.3. The number of nitrogens with one attached hydrogen (secondary N) is 3. The lowest BCUT2D eigenvalue weighted by atomic mass is 10.0. The van der Waals surface area contributed by atoms with Gasteiger partial charge in [0.05, 0.1) is 6.04 Å². The highest BCUT2D eigenvalue weighted by Gasteiger charge is 2.30. The number of nitrogens with two attached hydrogens (primary N) is 2. The number of unbranched alkanes of at least 4 members (excludes halogenated alkanes) is 1. The van der Waals surface area contributed by atoms with Crippen LogP contribution < -0.4 is 27.4 Å². The fourth-order valence-corrected chi connectivity index (χ4v) is 4.59. The van der Waals surface area contributed by atoms with Gasteiger partial charge in [-0.05, 0) is 73.9 Å². The van der Waals surface area contributed by atoms with Crippen LogP contribution >= 0.6 is 11.8 Å². The molecule has 0 fully saturated rings. The molecule has 4 atom stereocenters. The summed E-state index contributed by atoms with van der Waals surface area (Å²) in [6, 6.07) is 11.2. The van der Waals surface area contributed by atoms with Crippen LogP contribution in [-0.4, -0.2) is 76.6 Å². The maximum atomic E-state index is 13.3. The van der Waals surface area contributed by atoms with Crippen LogP contribution in [0.5, 0.6) is 5.75 Å². The third kappa shape index (κ3) is 12.2. The van der Waals surface area contributed by atoms with Crippen LogP contribution in [0.15, 0.2) is 54.6 Å². The molecule has 0 radical (unpaired) electrons. The number of thioether (sulfide) groups is 1.